The Kier molecular flexibility index (Phi) is 5.93. The maximum atomic E-state index is 12.9. The predicted molar refractivity (Wildman–Crippen MR) is 106 cm³/mol. The van der Waals surface area contributed by atoms with Gasteiger partial charge in [-0.25, -0.2) is 4.79 Å². The Balaban J connectivity index is 1.74. The SMILES string of the molecule is CC(=O)c1ccccc1NC(=O)CN1C(=O)NC(C)(c2ccc(OC(F)(F)F)cc2)C1=O. The smallest absolute Gasteiger partial charge is 0.406 e. The largest absolute Gasteiger partial charge is 0.573 e. The molecule has 168 valence electrons. The van der Waals surface area contributed by atoms with Crippen LogP contribution in [0.5, 0.6) is 5.75 Å². The third kappa shape index (κ3) is 4.71. The molecule has 1 heterocycles. The fourth-order valence-electron chi connectivity index (χ4n) is 3.26. The minimum Gasteiger partial charge on any atom is -0.406 e. The van der Waals surface area contributed by atoms with Crippen LogP contribution in [0.2, 0.25) is 0 Å². The lowest BCUT2D eigenvalue weighted by molar-refractivity contribution is -0.274. The molecule has 32 heavy (non-hydrogen) atoms. The Hall–Kier alpha value is -3.89. The van der Waals surface area contributed by atoms with E-state index < -0.39 is 42.0 Å². The molecule has 8 nitrogen and oxygen atoms in total. The van der Waals surface area contributed by atoms with Crippen molar-refractivity contribution < 1.29 is 37.1 Å². The molecule has 0 saturated carbocycles. The third-order valence-electron chi connectivity index (χ3n) is 4.82. The van der Waals surface area contributed by atoms with Gasteiger partial charge in [0, 0.05) is 5.56 Å². The van der Waals surface area contributed by atoms with Crippen LogP contribution in [0.3, 0.4) is 0 Å². The molecule has 3 rings (SSSR count). The molecule has 0 radical (unpaired) electrons. The number of carbonyl (C=O) groups is 4. The predicted octanol–water partition coefficient (Wildman–Crippen LogP) is 3.19. The van der Waals surface area contributed by atoms with E-state index in [1.807, 2.05) is 0 Å². The van der Waals surface area contributed by atoms with Crippen molar-refractivity contribution in [1.82, 2.24) is 10.2 Å². The highest BCUT2D eigenvalue weighted by molar-refractivity contribution is 6.11. The molecule has 1 atom stereocenters. The molecule has 1 saturated heterocycles. The summed E-state index contributed by atoms with van der Waals surface area (Å²) >= 11 is 0. The molecule has 1 unspecified atom stereocenters. The van der Waals surface area contributed by atoms with Gasteiger partial charge in [0.15, 0.2) is 5.78 Å². The van der Waals surface area contributed by atoms with Gasteiger partial charge in [0.2, 0.25) is 5.91 Å². The summed E-state index contributed by atoms with van der Waals surface area (Å²) in [7, 11) is 0. The molecule has 0 bridgehead atoms. The molecular formula is C21H18F3N3O5. The van der Waals surface area contributed by atoms with E-state index >= 15 is 0 Å². The number of Topliss-reactive ketones (excluding diaryl/α,β-unsaturated/α-hetero) is 1. The molecule has 1 aliphatic heterocycles. The Morgan fingerprint density at radius 3 is 2.31 bits per heavy atom. The van der Waals surface area contributed by atoms with Gasteiger partial charge in [-0.05, 0) is 43.7 Å². The number of anilines is 1. The number of urea groups is 1. The molecule has 11 heteroatoms. The highest BCUT2D eigenvalue weighted by Crippen LogP contribution is 2.31. The van der Waals surface area contributed by atoms with Crippen LogP contribution >= 0.6 is 0 Å². The summed E-state index contributed by atoms with van der Waals surface area (Å²) in [5, 5.41) is 4.95. The van der Waals surface area contributed by atoms with Crippen molar-refractivity contribution in [1.29, 1.82) is 0 Å². The van der Waals surface area contributed by atoms with E-state index in [9.17, 15) is 32.3 Å². The fourth-order valence-corrected chi connectivity index (χ4v) is 3.26. The van der Waals surface area contributed by atoms with E-state index in [0.29, 0.717) is 4.90 Å². The molecule has 0 aliphatic carbocycles. The van der Waals surface area contributed by atoms with Gasteiger partial charge in [0.1, 0.15) is 17.8 Å². The lowest BCUT2D eigenvalue weighted by Crippen LogP contribution is -2.42. The van der Waals surface area contributed by atoms with Crippen molar-refractivity contribution in [2.45, 2.75) is 25.7 Å². The van der Waals surface area contributed by atoms with E-state index in [1.54, 1.807) is 12.1 Å². The first-order chi connectivity index (χ1) is 14.9. The normalized spacial score (nSPS) is 18.3. The van der Waals surface area contributed by atoms with Gasteiger partial charge in [-0.3, -0.25) is 19.3 Å². The number of nitrogens with one attached hydrogen (secondary N) is 2. The van der Waals surface area contributed by atoms with E-state index in [4.69, 9.17) is 0 Å². The Labute approximate surface area is 180 Å². The number of hydrogen-bond acceptors (Lipinski definition) is 5. The van der Waals surface area contributed by atoms with Crippen molar-refractivity contribution in [2.24, 2.45) is 0 Å². The van der Waals surface area contributed by atoms with Crippen molar-refractivity contribution in [3.8, 4) is 5.75 Å². The van der Waals surface area contributed by atoms with Crippen LogP contribution in [0, 0.1) is 0 Å². The number of ketones is 1. The first kappa shape index (κ1) is 22.8. The molecule has 1 aliphatic rings. The number of carbonyl (C=O) groups excluding carboxylic acids is 4. The number of hydrogen-bond donors (Lipinski definition) is 2. The van der Waals surface area contributed by atoms with Crippen molar-refractivity contribution in [2.75, 3.05) is 11.9 Å². The average molecular weight is 449 g/mol. The van der Waals surface area contributed by atoms with Crippen molar-refractivity contribution in [3.63, 3.8) is 0 Å². The second-order valence-corrected chi connectivity index (χ2v) is 7.17. The molecule has 0 aromatic heterocycles. The second-order valence-electron chi connectivity index (χ2n) is 7.17. The van der Waals surface area contributed by atoms with Crippen LogP contribution in [0.15, 0.2) is 48.5 Å². The standard InChI is InChI=1S/C21H18F3N3O5/c1-12(28)15-5-3-4-6-16(15)25-17(29)11-27-18(30)20(2,26-19(27)31)13-7-9-14(10-8-13)32-21(22,23)24/h3-10H,11H2,1-2H3,(H,25,29)(H,26,31). The number of para-hydroxylation sites is 1. The van der Waals surface area contributed by atoms with Crippen LogP contribution in [0.4, 0.5) is 23.7 Å². The second kappa shape index (κ2) is 8.33. The van der Waals surface area contributed by atoms with E-state index in [0.717, 1.165) is 12.1 Å². The highest BCUT2D eigenvalue weighted by Gasteiger charge is 2.49. The van der Waals surface area contributed by atoms with Crippen LogP contribution in [-0.4, -0.2) is 41.4 Å². The molecule has 2 aromatic rings. The van der Waals surface area contributed by atoms with Gasteiger partial charge >= 0.3 is 12.4 Å². The number of amides is 4. The quantitative estimate of drug-likeness (QED) is 0.521. The fraction of sp³-hybridized carbons (Fsp3) is 0.238. The van der Waals surface area contributed by atoms with Crippen molar-refractivity contribution in [3.05, 3.63) is 59.7 Å². The van der Waals surface area contributed by atoms with E-state index in [2.05, 4.69) is 15.4 Å². The topological polar surface area (TPSA) is 105 Å². The summed E-state index contributed by atoms with van der Waals surface area (Å²) in [5.74, 6) is -2.23. The number of nitrogens with zero attached hydrogens (tertiary/aromatic N) is 1. The molecule has 2 aromatic carbocycles. The first-order valence-corrected chi connectivity index (χ1v) is 9.31. The van der Waals surface area contributed by atoms with Gasteiger partial charge in [-0.15, -0.1) is 13.2 Å². The summed E-state index contributed by atoms with van der Waals surface area (Å²) in [5.41, 5.74) is -0.884. The molecular weight excluding hydrogens is 431 g/mol. The van der Waals surface area contributed by atoms with Gasteiger partial charge < -0.3 is 15.4 Å². The van der Waals surface area contributed by atoms with Gasteiger partial charge in [0.05, 0.1) is 5.69 Å². The summed E-state index contributed by atoms with van der Waals surface area (Å²) in [6.45, 7) is 2.08. The Morgan fingerprint density at radius 1 is 1.09 bits per heavy atom. The molecule has 4 amide bonds. The van der Waals surface area contributed by atoms with Gasteiger partial charge in [-0.2, -0.15) is 0 Å². The number of halogens is 3. The van der Waals surface area contributed by atoms with E-state index in [-0.39, 0.29) is 22.6 Å². The lowest BCUT2D eigenvalue weighted by Gasteiger charge is -2.22. The Bertz CT molecular complexity index is 1080. The highest BCUT2D eigenvalue weighted by atomic mass is 19.4. The van der Waals surface area contributed by atoms with Crippen LogP contribution < -0.4 is 15.4 Å². The van der Waals surface area contributed by atoms with Crippen molar-refractivity contribution >= 4 is 29.3 Å². The maximum absolute atomic E-state index is 12.9. The number of imide groups is 1. The first-order valence-electron chi connectivity index (χ1n) is 9.31. The average Bonchev–Trinajstić information content (AvgIpc) is 2.91. The number of benzene rings is 2. The number of rotatable bonds is 6. The van der Waals surface area contributed by atoms with E-state index in [1.165, 1.54) is 38.1 Å². The zero-order chi connectivity index (χ0) is 23.7. The summed E-state index contributed by atoms with van der Waals surface area (Å²) in [6.07, 6.45) is -4.87. The monoisotopic (exact) mass is 449 g/mol. The third-order valence-corrected chi connectivity index (χ3v) is 4.82. The minimum atomic E-state index is -4.87. The zero-order valence-corrected chi connectivity index (χ0v) is 16.9. The minimum absolute atomic E-state index is 0.204. The number of alkyl halides is 3. The Morgan fingerprint density at radius 2 is 1.72 bits per heavy atom. The van der Waals surface area contributed by atoms with Crippen LogP contribution in [0.1, 0.15) is 29.8 Å². The summed E-state index contributed by atoms with van der Waals surface area (Å²) < 4.78 is 40.8. The molecule has 0 spiro atoms. The van der Waals surface area contributed by atoms with Crippen LogP contribution in [-0.2, 0) is 15.1 Å². The summed E-state index contributed by atoms with van der Waals surface area (Å²) in [6, 6.07) is 9.88. The van der Waals surface area contributed by atoms with Crippen LogP contribution in [0.25, 0.3) is 0 Å². The van der Waals surface area contributed by atoms with Gasteiger partial charge in [-0.1, -0.05) is 24.3 Å². The summed E-state index contributed by atoms with van der Waals surface area (Å²) in [4.78, 5) is 50.1. The molecule has 1 fully saturated rings. The number of ether oxygens (including phenoxy) is 1. The molecule has 2 N–H and O–H groups in total. The maximum Gasteiger partial charge on any atom is 0.573 e. The van der Waals surface area contributed by atoms with Gasteiger partial charge in [0.25, 0.3) is 5.91 Å². The zero-order valence-electron chi connectivity index (χ0n) is 16.9. The lowest BCUT2D eigenvalue weighted by atomic mass is 9.92.